The second-order valence-corrected chi connectivity index (χ2v) is 4.16. The van der Waals surface area contributed by atoms with E-state index in [9.17, 15) is 0 Å². The number of rotatable bonds is 1. The fourth-order valence-corrected chi connectivity index (χ4v) is 2.03. The van der Waals surface area contributed by atoms with Crippen molar-refractivity contribution in [1.82, 2.24) is 10.2 Å². The van der Waals surface area contributed by atoms with Gasteiger partial charge in [-0.25, -0.2) is 0 Å². The van der Waals surface area contributed by atoms with Gasteiger partial charge in [0.25, 0.3) is 0 Å². The summed E-state index contributed by atoms with van der Waals surface area (Å²) in [5.41, 5.74) is 9.59. The van der Waals surface area contributed by atoms with Crippen molar-refractivity contribution in [3.05, 3.63) is 23.3 Å². The largest absolute Gasteiger partial charge is 0.382 e. The Hall–Kier alpha value is -1.51. The van der Waals surface area contributed by atoms with Crippen molar-refractivity contribution in [1.29, 1.82) is 0 Å². The molecule has 0 spiro atoms. The second-order valence-electron chi connectivity index (χ2n) is 4.16. The van der Waals surface area contributed by atoms with Crippen molar-refractivity contribution in [2.75, 3.05) is 5.73 Å². The Balaban J connectivity index is 2.35. The number of aryl methyl sites for hydroxylation is 1. The molecule has 3 nitrogen and oxygen atoms in total. The fourth-order valence-electron chi connectivity index (χ4n) is 2.03. The van der Waals surface area contributed by atoms with Crippen LogP contribution in [0.25, 0.3) is 10.9 Å². The zero-order valence-electron chi connectivity index (χ0n) is 8.17. The first-order chi connectivity index (χ1) is 6.75. The molecule has 0 bridgehead atoms. The molecule has 1 aromatic heterocycles. The predicted molar refractivity (Wildman–Crippen MR) is 57.2 cm³/mol. The van der Waals surface area contributed by atoms with E-state index in [0.717, 1.165) is 16.8 Å². The fraction of sp³-hybridized carbons (Fsp3) is 0.364. The van der Waals surface area contributed by atoms with Crippen LogP contribution in [0.3, 0.4) is 0 Å². The number of aromatic amines is 1. The summed E-state index contributed by atoms with van der Waals surface area (Å²) in [6.45, 7) is 2.11. The van der Waals surface area contributed by atoms with E-state index >= 15 is 0 Å². The Morgan fingerprint density at radius 2 is 2.21 bits per heavy atom. The smallest absolute Gasteiger partial charge is 0.153 e. The van der Waals surface area contributed by atoms with Crippen LogP contribution in [0, 0.1) is 6.92 Å². The van der Waals surface area contributed by atoms with Crippen LogP contribution in [0.5, 0.6) is 0 Å². The van der Waals surface area contributed by atoms with Gasteiger partial charge in [-0.3, -0.25) is 5.10 Å². The third-order valence-corrected chi connectivity index (χ3v) is 2.89. The third-order valence-electron chi connectivity index (χ3n) is 2.89. The minimum atomic E-state index is 0.616. The van der Waals surface area contributed by atoms with E-state index in [1.54, 1.807) is 0 Å². The Bertz CT molecular complexity index is 494. The maximum atomic E-state index is 5.79. The number of hydrogen-bond acceptors (Lipinski definition) is 2. The summed E-state index contributed by atoms with van der Waals surface area (Å²) in [6.07, 6.45) is 2.61. The molecule has 3 heteroatoms. The van der Waals surface area contributed by atoms with E-state index < -0.39 is 0 Å². The molecule has 1 heterocycles. The molecule has 3 rings (SSSR count). The van der Waals surface area contributed by atoms with E-state index in [1.165, 1.54) is 24.0 Å². The zero-order chi connectivity index (χ0) is 9.71. The number of hydrogen-bond donors (Lipinski definition) is 2. The number of aromatic nitrogens is 2. The quantitative estimate of drug-likeness (QED) is 0.719. The van der Waals surface area contributed by atoms with E-state index in [1.807, 2.05) is 0 Å². The summed E-state index contributed by atoms with van der Waals surface area (Å²) >= 11 is 0. The number of anilines is 1. The topological polar surface area (TPSA) is 54.7 Å². The van der Waals surface area contributed by atoms with Crippen LogP contribution < -0.4 is 5.73 Å². The Morgan fingerprint density at radius 1 is 1.43 bits per heavy atom. The third kappa shape index (κ3) is 1.02. The highest BCUT2D eigenvalue weighted by Gasteiger charge is 2.26. The molecule has 0 radical (unpaired) electrons. The average Bonchev–Trinajstić information content (AvgIpc) is 2.93. The first-order valence-corrected chi connectivity index (χ1v) is 5.00. The second kappa shape index (κ2) is 2.50. The Morgan fingerprint density at radius 3 is 2.93 bits per heavy atom. The molecule has 0 unspecified atom stereocenters. The van der Waals surface area contributed by atoms with Crippen LogP contribution in [0.4, 0.5) is 5.82 Å². The van der Waals surface area contributed by atoms with E-state index in [0.29, 0.717) is 5.82 Å². The molecule has 0 amide bonds. The number of nitrogens with zero attached hydrogens (tertiary/aromatic N) is 1. The van der Waals surface area contributed by atoms with Gasteiger partial charge in [0.2, 0.25) is 0 Å². The van der Waals surface area contributed by atoms with Crippen molar-refractivity contribution in [2.45, 2.75) is 25.7 Å². The molecule has 3 N–H and O–H groups in total. The van der Waals surface area contributed by atoms with Crippen molar-refractivity contribution in [2.24, 2.45) is 0 Å². The molecule has 1 aromatic carbocycles. The monoisotopic (exact) mass is 187 g/mol. The number of benzene rings is 1. The summed E-state index contributed by atoms with van der Waals surface area (Å²) in [7, 11) is 0. The van der Waals surface area contributed by atoms with E-state index in [-0.39, 0.29) is 0 Å². The first kappa shape index (κ1) is 7.85. The zero-order valence-corrected chi connectivity index (χ0v) is 8.17. The van der Waals surface area contributed by atoms with E-state index in [2.05, 4.69) is 29.3 Å². The number of fused-ring (bicyclic) bond motifs is 1. The molecule has 14 heavy (non-hydrogen) atoms. The molecular formula is C11H13N3. The Kier molecular flexibility index (Phi) is 1.40. The highest BCUT2D eigenvalue weighted by molar-refractivity contribution is 5.92. The maximum Gasteiger partial charge on any atom is 0.153 e. The molecule has 1 fully saturated rings. The summed E-state index contributed by atoms with van der Waals surface area (Å²) in [4.78, 5) is 0. The van der Waals surface area contributed by atoms with Gasteiger partial charge in [0.05, 0.1) is 5.52 Å². The SMILES string of the molecule is Cc1cc(C2CC2)c2[nH]nc(N)c2c1. The van der Waals surface area contributed by atoms with Crippen LogP contribution in [0.15, 0.2) is 12.1 Å². The number of H-pyrrole nitrogens is 1. The molecule has 1 aliphatic rings. The van der Waals surface area contributed by atoms with Gasteiger partial charge in [0, 0.05) is 5.39 Å². The lowest BCUT2D eigenvalue weighted by Crippen LogP contribution is -1.86. The molecular weight excluding hydrogens is 174 g/mol. The van der Waals surface area contributed by atoms with Crippen LogP contribution >= 0.6 is 0 Å². The van der Waals surface area contributed by atoms with Crippen LogP contribution in [0.2, 0.25) is 0 Å². The lowest BCUT2D eigenvalue weighted by Gasteiger charge is -2.02. The minimum Gasteiger partial charge on any atom is -0.382 e. The molecule has 0 atom stereocenters. The predicted octanol–water partition coefficient (Wildman–Crippen LogP) is 2.33. The first-order valence-electron chi connectivity index (χ1n) is 5.00. The van der Waals surface area contributed by atoms with Gasteiger partial charge < -0.3 is 5.73 Å². The summed E-state index contributed by atoms with van der Waals surface area (Å²) in [5, 5.41) is 8.17. The molecule has 72 valence electrons. The van der Waals surface area contributed by atoms with Gasteiger partial charge in [-0.05, 0) is 42.9 Å². The molecule has 1 saturated carbocycles. The van der Waals surface area contributed by atoms with Crippen LogP contribution in [0.1, 0.15) is 29.9 Å². The number of nitrogen functional groups attached to an aromatic ring is 1. The summed E-state index contributed by atoms with van der Waals surface area (Å²) in [6, 6.07) is 4.34. The van der Waals surface area contributed by atoms with Crippen LogP contribution in [-0.4, -0.2) is 10.2 Å². The number of nitrogens with one attached hydrogen (secondary N) is 1. The lowest BCUT2D eigenvalue weighted by atomic mass is 10.0. The minimum absolute atomic E-state index is 0.616. The molecule has 0 aliphatic heterocycles. The highest BCUT2D eigenvalue weighted by atomic mass is 15.2. The van der Waals surface area contributed by atoms with Gasteiger partial charge in [-0.15, -0.1) is 0 Å². The highest BCUT2D eigenvalue weighted by Crippen LogP contribution is 2.43. The van der Waals surface area contributed by atoms with E-state index in [4.69, 9.17) is 5.73 Å². The van der Waals surface area contributed by atoms with Gasteiger partial charge in [0.15, 0.2) is 5.82 Å². The molecule has 2 aromatic rings. The van der Waals surface area contributed by atoms with Gasteiger partial charge in [0.1, 0.15) is 0 Å². The van der Waals surface area contributed by atoms with Gasteiger partial charge in [-0.1, -0.05) is 6.07 Å². The summed E-state index contributed by atoms with van der Waals surface area (Å²) < 4.78 is 0. The summed E-state index contributed by atoms with van der Waals surface area (Å²) in [5.74, 6) is 1.35. The van der Waals surface area contributed by atoms with Crippen LogP contribution in [-0.2, 0) is 0 Å². The normalized spacial score (nSPS) is 16.4. The lowest BCUT2D eigenvalue weighted by molar-refractivity contribution is 1.08. The van der Waals surface area contributed by atoms with Gasteiger partial charge in [-0.2, -0.15) is 5.10 Å². The average molecular weight is 187 g/mol. The Labute approximate surface area is 82.3 Å². The van der Waals surface area contributed by atoms with Gasteiger partial charge >= 0.3 is 0 Å². The van der Waals surface area contributed by atoms with Crippen molar-refractivity contribution in [3.8, 4) is 0 Å². The number of nitrogens with two attached hydrogens (primary N) is 1. The van der Waals surface area contributed by atoms with Crippen molar-refractivity contribution < 1.29 is 0 Å². The van der Waals surface area contributed by atoms with Crippen molar-refractivity contribution >= 4 is 16.7 Å². The standard InChI is InChI=1S/C11H13N3/c1-6-4-8(7-2-3-7)10-9(5-6)11(12)14-13-10/h4-5,7H,2-3H2,1H3,(H3,12,13,14). The molecule has 1 aliphatic carbocycles. The molecule has 0 saturated heterocycles. The van der Waals surface area contributed by atoms with Crippen molar-refractivity contribution in [3.63, 3.8) is 0 Å². The maximum absolute atomic E-state index is 5.79.